The van der Waals surface area contributed by atoms with Gasteiger partial charge in [0.25, 0.3) is 0 Å². The zero-order valence-electron chi connectivity index (χ0n) is 9.43. The van der Waals surface area contributed by atoms with Crippen molar-refractivity contribution in [3.8, 4) is 0 Å². The predicted molar refractivity (Wildman–Crippen MR) is 80.9 cm³/mol. The minimum atomic E-state index is 0.247. The summed E-state index contributed by atoms with van der Waals surface area (Å²) in [5.41, 5.74) is 1.97. The summed E-state index contributed by atoms with van der Waals surface area (Å²) < 4.78 is 2.30. The van der Waals surface area contributed by atoms with Crippen LogP contribution < -0.4 is 3.11 Å². The first-order valence-electron chi connectivity index (χ1n) is 6.02. The van der Waals surface area contributed by atoms with E-state index in [1.54, 1.807) is 11.8 Å². The fourth-order valence-electron chi connectivity index (χ4n) is 2.69. The van der Waals surface area contributed by atoms with Gasteiger partial charge in [0, 0.05) is 5.25 Å². The molecule has 2 atom stereocenters. The van der Waals surface area contributed by atoms with Gasteiger partial charge in [0.05, 0.1) is 40.2 Å². The van der Waals surface area contributed by atoms with E-state index in [-0.39, 0.29) is 5.12 Å². The lowest BCUT2D eigenvalue weighted by atomic mass is 9.94. The Hall–Kier alpha value is -0.230. The molecule has 1 fully saturated rings. The molecule has 3 rings (SSSR count). The SMILES string of the molecule is O=C1SC2CCCCC2N(I)c2ccccc21. The number of para-hydroxylation sites is 1. The van der Waals surface area contributed by atoms with Gasteiger partial charge >= 0.3 is 0 Å². The molecule has 2 unspecified atom stereocenters. The van der Waals surface area contributed by atoms with Crippen molar-refractivity contribution in [3.63, 3.8) is 0 Å². The van der Waals surface area contributed by atoms with E-state index >= 15 is 0 Å². The highest BCUT2D eigenvalue weighted by Gasteiger charge is 2.36. The number of fused-ring (bicyclic) bond motifs is 2. The van der Waals surface area contributed by atoms with Crippen LogP contribution in [0.2, 0.25) is 0 Å². The Kier molecular flexibility index (Phi) is 3.34. The van der Waals surface area contributed by atoms with Crippen LogP contribution >= 0.6 is 34.6 Å². The van der Waals surface area contributed by atoms with E-state index < -0.39 is 0 Å². The fraction of sp³-hybridized carbons (Fsp3) is 0.462. The number of carbonyl (C=O) groups excluding carboxylic acids is 1. The Labute approximate surface area is 120 Å². The standard InChI is InChI=1S/C13H14INOS/c14-15-10-6-2-1-5-9(10)13(16)17-12-8-4-3-7-11(12)15/h1-2,5-6,11-12H,3-4,7-8H2. The molecule has 0 spiro atoms. The van der Waals surface area contributed by atoms with Crippen LogP contribution in [-0.2, 0) is 0 Å². The highest BCUT2D eigenvalue weighted by molar-refractivity contribution is 14.1. The van der Waals surface area contributed by atoms with E-state index in [0.29, 0.717) is 11.3 Å². The molecule has 0 amide bonds. The molecule has 1 aliphatic carbocycles. The van der Waals surface area contributed by atoms with Crippen LogP contribution in [0.15, 0.2) is 24.3 Å². The van der Waals surface area contributed by atoms with Gasteiger partial charge in [0.1, 0.15) is 0 Å². The summed E-state index contributed by atoms with van der Waals surface area (Å²) in [4.78, 5) is 12.2. The van der Waals surface area contributed by atoms with Crippen molar-refractivity contribution < 1.29 is 4.79 Å². The minimum absolute atomic E-state index is 0.247. The summed E-state index contributed by atoms with van der Waals surface area (Å²) >= 11 is 3.94. The first kappa shape index (κ1) is 11.8. The molecule has 2 nitrogen and oxygen atoms in total. The number of hydrogen-bond acceptors (Lipinski definition) is 3. The second kappa shape index (κ2) is 4.80. The molecule has 1 heterocycles. The van der Waals surface area contributed by atoms with Gasteiger partial charge in [-0.1, -0.05) is 36.7 Å². The van der Waals surface area contributed by atoms with Crippen LogP contribution in [0.5, 0.6) is 0 Å². The van der Waals surface area contributed by atoms with Gasteiger partial charge in [0.15, 0.2) is 0 Å². The molecule has 0 saturated heterocycles. The molecule has 0 aromatic heterocycles. The Bertz CT molecular complexity index is 451. The van der Waals surface area contributed by atoms with Crippen molar-refractivity contribution in [2.45, 2.75) is 37.0 Å². The van der Waals surface area contributed by atoms with Gasteiger partial charge in [-0.05, 0) is 25.0 Å². The summed E-state index contributed by atoms with van der Waals surface area (Å²) in [6.45, 7) is 0. The molecule has 1 aromatic carbocycles. The van der Waals surface area contributed by atoms with Crippen molar-refractivity contribution >= 4 is 45.4 Å². The normalized spacial score (nSPS) is 28.3. The van der Waals surface area contributed by atoms with E-state index in [1.165, 1.54) is 25.7 Å². The number of anilines is 1. The Morgan fingerprint density at radius 3 is 2.88 bits per heavy atom. The molecule has 1 aliphatic heterocycles. The van der Waals surface area contributed by atoms with Gasteiger partial charge in [-0.3, -0.25) is 4.79 Å². The topological polar surface area (TPSA) is 20.3 Å². The lowest BCUT2D eigenvalue weighted by molar-refractivity contribution is 0.108. The van der Waals surface area contributed by atoms with E-state index in [4.69, 9.17) is 0 Å². The summed E-state index contributed by atoms with van der Waals surface area (Å²) in [5.74, 6) is 0. The smallest absolute Gasteiger partial charge is 0.221 e. The molecule has 2 aliphatic rings. The van der Waals surface area contributed by atoms with Crippen LogP contribution in [0.1, 0.15) is 36.0 Å². The average molecular weight is 359 g/mol. The van der Waals surface area contributed by atoms with Crippen molar-refractivity contribution in [2.24, 2.45) is 0 Å². The molecule has 0 radical (unpaired) electrons. The van der Waals surface area contributed by atoms with Crippen LogP contribution in [0, 0.1) is 0 Å². The molecule has 1 aromatic rings. The van der Waals surface area contributed by atoms with Gasteiger partial charge in [-0.25, -0.2) is 0 Å². The molecule has 17 heavy (non-hydrogen) atoms. The quantitative estimate of drug-likeness (QED) is 0.515. The van der Waals surface area contributed by atoms with Crippen LogP contribution in [0.3, 0.4) is 0 Å². The second-order valence-electron chi connectivity index (χ2n) is 4.62. The lowest BCUT2D eigenvalue weighted by Gasteiger charge is -2.34. The summed E-state index contributed by atoms with van der Waals surface area (Å²) in [7, 11) is 0. The second-order valence-corrected chi connectivity index (χ2v) is 6.88. The molecule has 4 heteroatoms. The molecule has 90 valence electrons. The largest absolute Gasteiger partial charge is 0.310 e. The van der Waals surface area contributed by atoms with Gasteiger partial charge < -0.3 is 3.11 Å². The van der Waals surface area contributed by atoms with E-state index in [0.717, 1.165) is 11.3 Å². The third kappa shape index (κ3) is 2.10. The highest BCUT2D eigenvalue weighted by Crippen LogP contribution is 2.42. The number of benzene rings is 1. The van der Waals surface area contributed by atoms with Crippen LogP contribution in [0.4, 0.5) is 5.69 Å². The minimum Gasteiger partial charge on any atom is -0.310 e. The van der Waals surface area contributed by atoms with Gasteiger partial charge in [-0.2, -0.15) is 0 Å². The summed E-state index contributed by atoms with van der Waals surface area (Å²) in [6, 6.07) is 8.51. The van der Waals surface area contributed by atoms with Crippen LogP contribution in [0.25, 0.3) is 0 Å². The lowest BCUT2D eigenvalue weighted by Crippen LogP contribution is -2.37. The maximum absolute atomic E-state index is 12.2. The number of thioether (sulfide) groups is 1. The van der Waals surface area contributed by atoms with E-state index in [1.807, 2.05) is 18.2 Å². The molecule has 0 bridgehead atoms. The van der Waals surface area contributed by atoms with Crippen molar-refractivity contribution in [2.75, 3.05) is 3.11 Å². The molecular formula is C13H14INOS. The Morgan fingerprint density at radius 2 is 2.00 bits per heavy atom. The Morgan fingerprint density at radius 1 is 1.24 bits per heavy atom. The fourth-order valence-corrected chi connectivity index (χ4v) is 5.27. The first-order valence-corrected chi connectivity index (χ1v) is 7.87. The zero-order valence-corrected chi connectivity index (χ0v) is 12.4. The molecule has 0 N–H and O–H groups in total. The third-order valence-electron chi connectivity index (χ3n) is 3.57. The molecule has 1 saturated carbocycles. The third-order valence-corrected chi connectivity index (χ3v) is 6.09. The monoisotopic (exact) mass is 359 g/mol. The summed E-state index contributed by atoms with van der Waals surface area (Å²) in [5, 5.41) is 0.720. The number of nitrogens with zero attached hydrogens (tertiary/aromatic N) is 1. The van der Waals surface area contributed by atoms with Crippen molar-refractivity contribution in [1.29, 1.82) is 0 Å². The number of halogens is 1. The van der Waals surface area contributed by atoms with Gasteiger partial charge in [-0.15, -0.1) is 0 Å². The van der Waals surface area contributed by atoms with Crippen molar-refractivity contribution in [1.82, 2.24) is 0 Å². The van der Waals surface area contributed by atoms with Crippen LogP contribution in [-0.4, -0.2) is 16.4 Å². The maximum Gasteiger partial charge on any atom is 0.221 e. The number of carbonyl (C=O) groups is 1. The highest BCUT2D eigenvalue weighted by atomic mass is 127. The Balaban J connectivity index is 2.05. The van der Waals surface area contributed by atoms with E-state index in [2.05, 4.69) is 32.0 Å². The number of hydrogen-bond donors (Lipinski definition) is 0. The summed E-state index contributed by atoms with van der Waals surface area (Å²) in [6.07, 6.45) is 4.94. The first-order chi connectivity index (χ1) is 8.27. The number of rotatable bonds is 0. The average Bonchev–Trinajstić information content (AvgIpc) is 2.48. The van der Waals surface area contributed by atoms with Gasteiger partial charge in [0.2, 0.25) is 5.12 Å². The molecular weight excluding hydrogens is 345 g/mol. The van der Waals surface area contributed by atoms with E-state index in [9.17, 15) is 4.79 Å². The zero-order chi connectivity index (χ0) is 11.8. The maximum atomic E-state index is 12.2. The van der Waals surface area contributed by atoms with Crippen molar-refractivity contribution in [3.05, 3.63) is 29.8 Å². The predicted octanol–water partition coefficient (Wildman–Crippen LogP) is 4.04.